The lowest BCUT2D eigenvalue weighted by atomic mass is 10.7. The molecule has 0 aliphatic heterocycles. The van der Waals surface area contributed by atoms with Crippen molar-refractivity contribution < 1.29 is 12.9 Å². The van der Waals surface area contributed by atoms with E-state index >= 15 is 0 Å². The van der Waals surface area contributed by atoms with Gasteiger partial charge in [0.05, 0.1) is 6.61 Å². The van der Waals surface area contributed by atoms with Crippen LogP contribution in [0.15, 0.2) is 12.7 Å². The van der Waals surface area contributed by atoms with Gasteiger partial charge in [-0.1, -0.05) is 6.08 Å². The molecule has 0 aromatic heterocycles. The Kier molecular flexibility index (Phi) is 3.87. The smallest absolute Gasteiger partial charge is 0.284 e. The Bertz CT molecular complexity index is 80.2. The average Bonchev–Trinajstić information content (AvgIpc) is 1.61. The summed E-state index contributed by atoms with van der Waals surface area (Å²) < 4.78 is 21.6. The van der Waals surface area contributed by atoms with Gasteiger partial charge in [-0.15, -0.1) is 6.58 Å². The number of rotatable bonds is 3. The normalized spacial score (nSPS) is 13.3. The molecule has 0 radical (unpaired) electrons. The number of hydrogen-bond acceptors (Lipinski definition) is 2. The van der Waals surface area contributed by atoms with Gasteiger partial charge in [0.25, 0.3) is 0 Å². The largest absolute Gasteiger partial charge is 0.302 e. The van der Waals surface area contributed by atoms with Gasteiger partial charge in [-0.2, -0.15) is 4.21 Å². The molecule has 0 saturated heterocycles. The first kappa shape index (κ1) is 6.81. The van der Waals surface area contributed by atoms with Gasteiger partial charge in [-0.05, 0) is 0 Å². The second-order valence-electron chi connectivity index (χ2n) is 0.790. The van der Waals surface area contributed by atoms with Gasteiger partial charge in [0, 0.05) is 0 Å². The van der Waals surface area contributed by atoms with Crippen LogP contribution in [0.4, 0.5) is 0 Å². The summed E-state index contributed by atoms with van der Waals surface area (Å²) in [6.07, 6.45) is 1.40. The summed E-state index contributed by atoms with van der Waals surface area (Å²) in [6.45, 7) is 3.38. The van der Waals surface area contributed by atoms with E-state index < -0.39 is 11.4 Å². The first-order chi connectivity index (χ1) is 3.27. The minimum Gasteiger partial charge on any atom is -0.284 e. The topological polar surface area (TPSA) is 46.5 Å². The maximum atomic E-state index is 9.60. The minimum atomic E-state index is -2.14. The van der Waals surface area contributed by atoms with Crippen molar-refractivity contribution in [1.29, 1.82) is 0 Å². The first-order valence-corrected chi connectivity index (χ1v) is 2.65. The van der Waals surface area contributed by atoms with E-state index in [1.807, 2.05) is 0 Å². The summed E-state index contributed by atoms with van der Waals surface area (Å²) in [6, 6.07) is 0. The summed E-state index contributed by atoms with van der Waals surface area (Å²) in [5, 5.41) is 0. The van der Waals surface area contributed by atoms with Crippen LogP contribution in [0.2, 0.25) is 0 Å². The van der Waals surface area contributed by atoms with Crippen molar-refractivity contribution in [2.75, 3.05) is 6.61 Å². The fraction of sp³-hybridized carbons (Fsp3) is 0.333. The molecule has 0 fully saturated rings. The van der Waals surface area contributed by atoms with Crippen molar-refractivity contribution in [3.8, 4) is 0 Å². The van der Waals surface area contributed by atoms with Crippen LogP contribution in [-0.4, -0.2) is 15.4 Å². The quantitative estimate of drug-likeness (QED) is 0.433. The highest BCUT2D eigenvalue weighted by Gasteiger charge is 1.84. The highest BCUT2D eigenvalue weighted by Crippen LogP contribution is 1.76. The van der Waals surface area contributed by atoms with E-state index in [0.29, 0.717) is 0 Å². The Morgan fingerprint density at radius 2 is 2.57 bits per heavy atom. The Balaban J connectivity index is 2.97. The van der Waals surface area contributed by atoms with E-state index in [1.54, 1.807) is 0 Å². The Morgan fingerprint density at radius 1 is 2.00 bits per heavy atom. The first-order valence-electron chi connectivity index (χ1n) is 1.62. The Labute approximate surface area is 44.5 Å². The number of hydrogen-bond donors (Lipinski definition) is 1. The van der Waals surface area contributed by atoms with E-state index in [4.69, 9.17) is 4.55 Å². The van der Waals surface area contributed by atoms with E-state index in [0.717, 1.165) is 0 Å². The summed E-state index contributed by atoms with van der Waals surface area (Å²) in [7, 11) is 0. The van der Waals surface area contributed by atoms with Gasteiger partial charge in [-0.3, -0.25) is 8.74 Å². The zero-order valence-corrected chi connectivity index (χ0v) is 4.48. The predicted octanol–water partition coefficient (Wildman–Crippen LogP) is 0.326. The molecule has 0 bridgehead atoms. The average molecular weight is 122 g/mol. The third-order valence-corrected chi connectivity index (χ3v) is 0.624. The lowest BCUT2D eigenvalue weighted by Gasteiger charge is -1.86. The van der Waals surface area contributed by atoms with Crippen LogP contribution in [0.25, 0.3) is 0 Å². The van der Waals surface area contributed by atoms with Crippen LogP contribution in [0.5, 0.6) is 0 Å². The van der Waals surface area contributed by atoms with Gasteiger partial charge in [-0.25, -0.2) is 0 Å². The second-order valence-corrected chi connectivity index (χ2v) is 1.46. The summed E-state index contributed by atoms with van der Waals surface area (Å²) >= 11 is -2.14. The van der Waals surface area contributed by atoms with Crippen LogP contribution >= 0.6 is 0 Å². The molecule has 1 unspecified atom stereocenters. The van der Waals surface area contributed by atoms with Crippen molar-refractivity contribution in [3.05, 3.63) is 12.7 Å². The van der Waals surface area contributed by atoms with E-state index in [-0.39, 0.29) is 6.61 Å². The van der Waals surface area contributed by atoms with Gasteiger partial charge >= 0.3 is 11.4 Å². The van der Waals surface area contributed by atoms with Crippen molar-refractivity contribution in [1.82, 2.24) is 0 Å². The maximum absolute atomic E-state index is 9.60. The van der Waals surface area contributed by atoms with Crippen LogP contribution in [0.1, 0.15) is 0 Å². The van der Waals surface area contributed by atoms with Crippen molar-refractivity contribution >= 4 is 11.4 Å². The molecule has 0 amide bonds. The third kappa shape index (κ3) is 5.81. The molecular formula is C3H6O3S. The standard InChI is InChI=1S/C3H6O3S/c1-2-3-6-7(4)5/h2H,1,3H2,(H,4,5). The van der Waals surface area contributed by atoms with Crippen LogP contribution < -0.4 is 0 Å². The molecule has 4 heteroatoms. The molecule has 1 N–H and O–H groups in total. The van der Waals surface area contributed by atoms with Crippen molar-refractivity contribution in [2.45, 2.75) is 0 Å². The summed E-state index contributed by atoms with van der Waals surface area (Å²) in [5.74, 6) is 0. The predicted molar refractivity (Wildman–Crippen MR) is 26.9 cm³/mol. The van der Waals surface area contributed by atoms with Gasteiger partial charge in [0.2, 0.25) is 0 Å². The van der Waals surface area contributed by atoms with Crippen LogP contribution in [0.3, 0.4) is 0 Å². The SMILES string of the molecule is C=CCOS(=O)O. The highest BCUT2D eigenvalue weighted by molar-refractivity contribution is 7.74. The molecule has 0 aliphatic carbocycles. The lowest BCUT2D eigenvalue weighted by Crippen LogP contribution is -1.92. The molecule has 0 rings (SSSR count). The zero-order chi connectivity index (χ0) is 5.70. The zero-order valence-electron chi connectivity index (χ0n) is 3.66. The highest BCUT2D eigenvalue weighted by atomic mass is 32.2. The molecule has 0 aromatic rings. The van der Waals surface area contributed by atoms with Crippen LogP contribution in [-0.2, 0) is 15.5 Å². The van der Waals surface area contributed by atoms with Gasteiger partial charge < -0.3 is 0 Å². The third-order valence-electron chi connectivity index (χ3n) is 0.287. The lowest BCUT2D eigenvalue weighted by molar-refractivity contribution is 0.343. The fourth-order valence-electron chi connectivity index (χ4n) is 0.106. The van der Waals surface area contributed by atoms with Crippen molar-refractivity contribution in [2.24, 2.45) is 0 Å². The van der Waals surface area contributed by atoms with E-state index in [1.165, 1.54) is 6.08 Å². The van der Waals surface area contributed by atoms with Crippen LogP contribution in [0, 0.1) is 0 Å². The molecule has 0 heterocycles. The molecule has 0 aliphatic rings. The minimum absolute atomic E-state index is 0.114. The second kappa shape index (κ2) is 3.98. The molecular weight excluding hydrogens is 116 g/mol. The molecule has 0 spiro atoms. The molecule has 1 atom stereocenters. The molecule has 0 aromatic carbocycles. The Hall–Kier alpha value is -0.190. The van der Waals surface area contributed by atoms with E-state index in [2.05, 4.69) is 10.8 Å². The summed E-state index contributed by atoms with van der Waals surface area (Å²) in [5.41, 5.74) is 0. The Morgan fingerprint density at radius 3 is 2.71 bits per heavy atom. The van der Waals surface area contributed by atoms with Crippen molar-refractivity contribution in [3.63, 3.8) is 0 Å². The summed E-state index contributed by atoms with van der Waals surface area (Å²) in [4.78, 5) is 0. The molecule has 7 heavy (non-hydrogen) atoms. The fourth-order valence-corrected chi connectivity index (χ4v) is 0.319. The molecule has 0 saturated carbocycles. The molecule has 42 valence electrons. The van der Waals surface area contributed by atoms with E-state index in [9.17, 15) is 4.21 Å². The molecule has 3 nitrogen and oxygen atoms in total. The van der Waals surface area contributed by atoms with Gasteiger partial charge in [0.15, 0.2) is 0 Å². The monoisotopic (exact) mass is 122 g/mol. The van der Waals surface area contributed by atoms with Gasteiger partial charge in [0.1, 0.15) is 0 Å². The maximum Gasteiger partial charge on any atom is 0.302 e.